The molecule has 5 unspecified atom stereocenters. The van der Waals surface area contributed by atoms with E-state index in [0.717, 1.165) is 6.04 Å². The molecule has 2 fully saturated rings. The average Bonchev–Trinajstić information content (AvgIpc) is 2.24. The molecule has 2 saturated heterocycles. The molecule has 0 aromatic carbocycles. The van der Waals surface area contributed by atoms with Crippen LogP contribution in [-0.4, -0.2) is 36.7 Å². The zero-order valence-electron chi connectivity index (χ0n) is 10.3. The quantitative estimate of drug-likeness (QED) is 0.641. The minimum absolute atomic E-state index is 0.410. The van der Waals surface area contributed by atoms with Crippen molar-refractivity contribution in [2.75, 3.05) is 13.6 Å². The minimum Gasteiger partial charge on any atom is -0.328 e. The first kappa shape index (κ1) is 11.4. The molecule has 2 heterocycles. The number of piperidine rings is 2. The van der Waals surface area contributed by atoms with Gasteiger partial charge in [0.15, 0.2) is 0 Å². The van der Waals surface area contributed by atoms with Gasteiger partial charge >= 0.3 is 0 Å². The van der Waals surface area contributed by atoms with E-state index in [-0.39, 0.29) is 0 Å². The van der Waals surface area contributed by atoms with Gasteiger partial charge in [-0.25, -0.2) is 0 Å². The maximum absolute atomic E-state index is 6.41. The maximum Gasteiger partial charge on any atom is 0.146 e. The van der Waals surface area contributed by atoms with E-state index in [0.29, 0.717) is 24.0 Å². The van der Waals surface area contributed by atoms with E-state index in [1.165, 1.54) is 25.8 Å². The molecule has 0 spiro atoms. The van der Waals surface area contributed by atoms with Crippen LogP contribution in [0.1, 0.15) is 33.1 Å². The summed E-state index contributed by atoms with van der Waals surface area (Å²) in [6.45, 7) is 5.86. The fourth-order valence-electron chi connectivity index (χ4n) is 3.54. The zero-order chi connectivity index (χ0) is 11.0. The van der Waals surface area contributed by atoms with E-state index >= 15 is 0 Å². The number of rotatable bonds is 1. The maximum atomic E-state index is 6.41. The summed E-state index contributed by atoms with van der Waals surface area (Å²) in [4.78, 5) is 2.50. The summed E-state index contributed by atoms with van der Waals surface area (Å²) in [7, 11) is 2.25. The SMILES string of the molecule is CCC1[NH2+]C2C(CCCN2C)C(N)C1C. The van der Waals surface area contributed by atoms with Crippen molar-refractivity contribution in [3.05, 3.63) is 0 Å². The molecule has 88 valence electrons. The number of fused-ring (bicyclic) bond motifs is 1. The molecule has 0 aliphatic carbocycles. The van der Waals surface area contributed by atoms with Gasteiger partial charge in [0.05, 0.1) is 6.04 Å². The summed E-state index contributed by atoms with van der Waals surface area (Å²) < 4.78 is 0. The second-order valence-corrected chi connectivity index (χ2v) is 5.48. The van der Waals surface area contributed by atoms with Crippen LogP contribution in [0.15, 0.2) is 0 Å². The Morgan fingerprint density at radius 2 is 2.20 bits per heavy atom. The Labute approximate surface area is 93.4 Å². The van der Waals surface area contributed by atoms with E-state index in [2.05, 4.69) is 31.1 Å². The first-order valence-electron chi connectivity index (χ1n) is 6.46. The molecule has 2 aliphatic rings. The van der Waals surface area contributed by atoms with Gasteiger partial charge in [0.1, 0.15) is 6.17 Å². The van der Waals surface area contributed by atoms with Gasteiger partial charge < -0.3 is 11.1 Å². The molecule has 5 atom stereocenters. The Balaban J connectivity index is 2.12. The first-order chi connectivity index (χ1) is 7.15. The summed E-state index contributed by atoms with van der Waals surface area (Å²) in [5.41, 5.74) is 6.41. The van der Waals surface area contributed by atoms with Crippen molar-refractivity contribution < 1.29 is 5.32 Å². The van der Waals surface area contributed by atoms with Crippen molar-refractivity contribution in [3.8, 4) is 0 Å². The molecule has 0 aromatic rings. The Kier molecular flexibility index (Phi) is 3.33. The monoisotopic (exact) mass is 212 g/mol. The van der Waals surface area contributed by atoms with Crippen LogP contribution in [0, 0.1) is 11.8 Å². The lowest BCUT2D eigenvalue weighted by Gasteiger charge is -2.48. The van der Waals surface area contributed by atoms with E-state index in [9.17, 15) is 0 Å². The van der Waals surface area contributed by atoms with Crippen LogP contribution < -0.4 is 11.1 Å². The standard InChI is InChI=1S/C12H25N3/c1-4-10-8(2)11(13)9-6-5-7-15(3)12(9)14-10/h8-12,14H,4-7,13H2,1-3H3/p+1. The Hall–Kier alpha value is -0.120. The number of hydrogen-bond acceptors (Lipinski definition) is 2. The Bertz CT molecular complexity index is 219. The van der Waals surface area contributed by atoms with E-state index in [1.807, 2.05) is 0 Å². The van der Waals surface area contributed by atoms with Gasteiger partial charge in [0.2, 0.25) is 0 Å². The number of nitrogens with two attached hydrogens (primary N) is 2. The molecule has 4 N–H and O–H groups in total. The van der Waals surface area contributed by atoms with Crippen LogP contribution in [0.3, 0.4) is 0 Å². The largest absolute Gasteiger partial charge is 0.328 e. The highest BCUT2D eigenvalue weighted by molar-refractivity contribution is 4.90. The van der Waals surface area contributed by atoms with Crippen LogP contribution in [0.4, 0.5) is 0 Å². The van der Waals surface area contributed by atoms with Crippen LogP contribution in [-0.2, 0) is 0 Å². The first-order valence-corrected chi connectivity index (χ1v) is 6.46. The van der Waals surface area contributed by atoms with Crippen molar-refractivity contribution >= 4 is 0 Å². The molecule has 0 bridgehead atoms. The molecule has 15 heavy (non-hydrogen) atoms. The third-order valence-corrected chi connectivity index (χ3v) is 4.69. The Morgan fingerprint density at radius 1 is 1.47 bits per heavy atom. The highest BCUT2D eigenvalue weighted by atomic mass is 15.3. The van der Waals surface area contributed by atoms with Gasteiger partial charge in [0, 0.05) is 24.4 Å². The summed E-state index contributed by atoms with van der Waals surface area (Å²) in [5.74, 6) is 1.38. The van der Waals surface area contributed by atoms with Gasteiger partial charge in [0.25, 0.3) is 0 Å². The minimum atomic E-state index is 0.410. The topological polar surface area (TPSA) is 45.9 Å². The van der Waals surface area contributed by atoms with E-state index in [4.69, 9.17) is 5.73 Å². The predicted octanol–water partition coefficient (Wildman–Crippen LogP) is -0.0267. The lowest BCUT2D eigenvalue weighted by molar-refractivity contribution is -0.763. The fourth-order valence-corrected chi connectivity index (χ4v) is 3.54. The van der Waals surface area contributed by atoms with Gasteiger partial charge in [-0.2, -0.15) is 0 Å². The molecular formula is C12H26N3+. The normalized spacial score (nSPS) is 47.6. The van der Waals surface area contributed by atoms with Crippen molar-refractivity contribution in [2.24, 2.45) is 17.6 Å². The summed E-state index contributed by atoms with van der Waals surface area (Å²) in [5, 5.41) is 2.58. The molecule has 2 rings (SSSR count). The van der Waals surface area contributed by atoms with Crippen molar-refractivity contribution in [2.45, 2.75) is 51.4 Å². The zero-order valence-corrected chi connectivity index (χ0v) is 10.3. The molecular weight excluding hydrogens is 186 g/mol. The molecule has 0 saturated carbocycles. The van der Waals surface area contributed by atoms with Crippen LogP contribution >= 0.6 is 0 Å². The van der Waals surface area contributed by atoms with E-state index in [1.54, 1.807) is 0 Å². The highest BCUT2D eigenvalue weighted by Crippen LogP contribution is 2.29. The number of hydrogen-bond donors (Lipinski definition) is 2. The van der Waals surface area contributed by atoms with Gasteiger partial charge in [-0.15, -0.1) is 0 Å². The third-order valence-electron chi connectivity index (χ3n) is 4.69. The van der Waals surface area contributed by atoms with Crippen LogP contribution in [0.25, 0.3) is 0 Å². The van der Waals surface area contributed by atoms with Gasteiger partial charge in [-0.3, -0.25) is 4.90 Å². The number of likely N-dealkylation sites (tertiary alicyclic amines) is 1. The molecule has 0 amide bonds. The third kappa shape index (κ3) is 1.93. The van der Waals surface area contributed by atoms with Crippen LogP contribution in [0.5, 0.6) is 0 Å². The van der Waals surface area contributed by atoms with Crippen molar-refractivity contribution in [1.82, 2.24) is 4.90 Å². The van der Waals surface area contributed by atoms with Crippen molar-refractivity contribution in [3.63, 3.8) is 0 Å². The van der Waals surface area contributed by atoms with E-state index < -0.39 is 0 Å². The molecule has 3 nitrogen and oxygen atoms in total. The Morgan fingerprint density at radius 3 is 2.87 bits per heavy atom. The second-order valence-electron chi connectivity index (χ2n) is 5.48. The molecule has 0 aromatic heterocycles. The lowest BCUT2D eigenvalue weighted by atomic mass is 9.75. The predicted molar refractivity (Wildman–Crippen MR) is 62.3 cm³/mol. The lowest BCUT2D eigenvalue weighted by Crippen LogP contribution is -3.03. The van der Waals surface area contributed by atoms with Crippen LogP contribution in [0.2, 0.25) is 0 Å². The smallest absolute Gasteiger partial charge is 0.146 e. The summed E-state index contributed by atoms with van der Waals surface area (Å²) >= 11 is 0. The summed E-state index contributed by atoms with van der Waals surface area (Å²) in [6, 6.07) is 1.13. The van der Waals surface area contributed by atoms with Crippen molar-refractivity contribution in [1.29, 1.82) is 0 Å². The fraction of sp³-hybridized carbons (Fsp3) is 1.00. The molecule has 0 radical (unpaired) electrons. The average molecular weight is 212 g/mol. The molecule has 3 heteroatoms. The number of quaternary nitrogens is 1. The van der Waals surface area contributed by atoms with Gasteiger partial charge in [-0.05, 0) is 26.3 Å². The highest BCUT2D eigenvalue weighted by Gasteiger charge is 2.46. The molecule has 2 aliphatic heterocycles. The second kappa shape index (κ2) is 4.40. The number of nitrogens with zero attached hydrogens (tertiary/aromatic N) is 1. The van der Waals surface area contributed by atoms with Gasteiger partial charge in [-0.1, -0.05) is 13.8 Å². The summed E-state index contributed by atoms with van der Waals surface area (Å²) in [6.07, 6.45) is 4.54.